The predicted octanol–water partition coefficient (Wildman–Crippen LogP) is 5.94. The Kier molecular flexibility index (Phi) is 4.63. The number of carbonyl (C=O) groups is 1. The highest BCUT2D eigenvalue weighted by Gasteiger charge is 2.18. The van der Waals surface area contributed by atoms with Crippen LogP contribution in [0.15, 0.2) is 84.9 Å². The zero-order valence-electron chi connectivity index (χ0n) is 15.1. The molecule has 0 aliphatic heterocycles. The van der Waals surface area contributed by atoms with Gasteiger partial charge in [0.15, 0.2) is 5.78 Å². The van der Waals surface area contributed by atoms with Crippen LogP contribution in [-0.2, 0) is 0 Å². The van der Waals surface area contributed by atoms with E-state index in [1.165, 1.54) is 0 Å². The van der Waals surface area contributed by atoms with Gasteiger partial charge in [-0.15, -0.1) is 0 Å². The molecule has 0 fully saturated rings. The first-order chi connectivity index (χ1) is 13.2. The van der Waals surface area contributed by atoms with Crippen molar-refractivity contribution in [1.82, 2.24) is 4.98 Å². The summed E-state index contributed by atoms with van der Waals surface area (Å²) in [5.41, 5.74) is 4.98. The summed E-state index contributed by atoms with van der Waals surface area (Å²) in [5, 5.41) is 0.981. The van der Waals surface area contributed by atoms with E-state index in [0.717, 1.165) is 27.7 Å². The predicted molar refractivity (Wildman–Crippen MR) is 112 cm³/mol. The molecule has 2 nitrogen and oxygen atoms in total. The number of carbonyl (C=O) groups excluding carboxylic acids is 1. The largest absolute Gasteiger partial charge is 0.289 e. The molecule has 0 saturated heterocycles. The lowest BCUT2D eigenvalue weighted by molar-refractivity contribution is 0.103. The molecule has 4 rings (SSSR count). The van der Waals surface area contributed by atoms with Crippen molar-refractivity contribution in [2.24, 2.45) is 0 Å². The third kappa shape index (κ3) is 3.42. The van der Waals surface area contributed by atoms with Gasteiger partial charge in [0.05, 0.1) is 11.1 Å². The molecule has 27 heavy (non-hydrogen) atoms. The number of hydrogen-bond donors (Lipinski definition) is 0. The number of pyridine rings is 1. The van der Waals surface area contributed by atoms with Crippen LogP contribution in [0, 0.1) is 6.92 Å². The molecule has 0 spiro atoms. The lowest BCUT2D eigenvalue weighted by Gasteiger charge is -2.12. The second kappa shape index (κ2) is 7.38. The smallest absolute Gasteiger partial charge is 0.195 e. The maximum atomic E-state index is 13.3. The standard InChI is InChI=1S/C25H19NO/c1-18-24(25(27)20-12-6-3-7-13-20)22(17-16-19-10-4-2-5-11-19)21-14-8-9-15-23(21)26-18/h2-17H,1H3/b17-16+. The fourth-order valence-corrected chi connectivity index (χ4v) is 3.30. The van der Waals surface area contributed by atoms with Gasteiger partial charge in [0, 0.05) is 16.6 Å². The molecule has 130 valence electrons. The molecule has 0 N–H and O–H groups in total. The summed E-state index contributed by atoms with van der Waals surface area (Å²) < 4.78 is 0. The highest BCUT2D eigenvalue weighted by molar-refractivity contribution is 6.14. The minimum Gasteiger partial charge on any atom is -0.289 e. The molecule has 0 amide bonds. The number of ketones is 1. The lowest BCUT2D eigenvalue weighted by Crippen LogP contribution is -2.08. The fraction of sp³-hybridized carbons (Fsp3) is 0.0400. The zero-order chi connectivity index (χ0) is 18.6. The number of aromatic nitrogens is 1. The molecule has 0 unspecified atom stereocenters. The summed E-state index contributed by atoms with van der Waals surface area (Å²) in [7, 11) is 0. The Morgan fingerprint density at radius 1 is 0.778 bits per heavy atom. The fourth-order valence-electron chi connectivity index (χ4n) is 3.30. The highest BCUT2D eigenvalue weighted by atomic mass is 16.1. The Balaban J connectivity index is 1.93. The van der Waals surface area contributed by atoms with Crippen molar-refractivity contribution in [3.8, 4) is 0 Å². The molecule has 0 radical (unpaired) electrons. The van der Waals surface area contributed by atoms with Crippen molar-refractivity contribution in [1.29, 1.82) is 0 Å². The number of benzene rings is 3. The number of fused-ring (bicyclic) bond motifs is 1. The van der Waals surface area contributed by atoms with Crippen LogP contribution < -0.4 is 0 Å². The number of aryl methyl sites for hydroxylation is 1. The first kappa shape index (κ1) is 16.9. The van der Waals surface area contributed by atoms with Crippen molar-refractivity contribution < 1.29 is 4.79 Å². The van der Waals surface area contributed by atoms with Crippen LogP contribution >= 0.6 is 0 Å². The van der Waals surface area contributed by atoms with Crippen LogP contribution in [0.5, 0.6) is 0 Å². The van der Waals surface area contributed by atoms with Crippen LogP contribution in [0.1, 0.15) is 32.7 Å². The summed E-state index contributed by atoms with van der Waals surface area (Å²) in [4.78, 5) is 18.0. The molecule has 0 saturated carbocycles. The third-order valence-electron chi connectivity index (χ3n) is 4.62. The van der Waals surface area contributed by atoms with Gasteiger partial charge in [-0.2, -0.15) is 0 Å². The lowest BCUT2D eigenvalue weighted by atomic mass is 9.93. The molecule has 1 aromatic heterocycles. The summed E-state index contributed by atoms with van der Waals surface area (Å²) in [6, 6.07) is 27.4. The minimum atomic E-state index is -0.000866. The van der Waals surface area contributed by atoms with E-state index in [1.807, 2.05) is 104 Å². The molecule has 3 aromatic carbocycles. The molecular formula is C25H19NO. The Hall–Kier alpha value is -3.52. The third-order valence-corrected chi connectivity index (χ3v) is 4.62. The summed E-state index contributed by atoms with van der Waals surface area (Å²) in [6.07, 6.45) is 4.07. The number of nitrogens with zero attached hydrogens (tertiary/aromatic N) is 1. The van der Waals surface area contributed by atoms with E-state index in [4.69, 9.17) is 0 Å². The normalized spacial score (nSPS) is 11.1. The Labute approximate surface area is 158 Å². The van der Waals surface area contributed by atoms with Gasteiger partial charge in [0.2, 0.25) is 0 Å². The quantitative estimate of drug-likeness (QED) is 0.426. The van der Waals surface area contributed by atoms with Gasteiger partial charge in [-0.05, 0) is 24.1 Å². The number of rotatable bonds is 4. The SMILES string of the molecule is Cc1nc2ccccc2c(/C=C/c2ccccc2)c1C(=O)c1ccccc1. The van der Waals surface area contributed by atoms with Gasteiger partial charge >= 0.3 is 0 Å². The molecule has 1 heterocycles. The van der Waals surface area contributed by atoms with E-state index in [0.29, 0.717) is 11.1 Å². The molecule has 0 aliphatic rings. The van der Waals surface area contributed by atoms with Gasteiger partial charge < -0.3 is 0 Å². The molecule has 4 aromatic rings. The maximum Gasteiger partial charge on any atom is 0.195 e. The van der Waals surface area contributed by atoms with Crippen LogP contribution in [0.4, 0.5) is 0 Å². The van der Waals surface area contributed by atoms with Gasteiger partial charge in [0.1, 0.15) is 0 Å². The Bertz CT molecular complexity index is 1130. The molecular weight excluding hydrogens is 330 g/mol. The van der Waals surface area contributed by atoms with Crippen molar-refractivity contribution in [2.75, 3.05) is 0 Å². The average Bonchev–Trinajstić information content (AvgIpc) is 2.72. The van der Waals surface area contributed by atoms with E-state index in [-0.39, 0.29) is 5.78 Å². The van der Waals surface area contributed by atoms with Gasteiger partial charge in [-0.1, -0.05) is 91.0 Å². The van der Waals surface area contributed by atoms with E-state index < -0.39 is 0 Å². The maximum absolute atomic E-state index is 13.3. The summed E-state index contributed by atoms with van der Waals surface area (Å²) >= 11 is 0. The van der Waals surface area contributed by atoms with E-state index in [9.17, 15) is 4.79 Å². The highest BCUT2D eigenvalue weighted by Crippen LogP contribution is 2.27. The van der Waals surface area contributed by atoms with E-state index in [2.05, 4.69) is 4.98 Å². The Morgan fingerprint density at radius 3 is 2.15 bits per heavy atom. The molecule has 0 bridgehead atoms. The van der Waals surface area contributed by atoms with Crippen molar-refractivity contribution in [3.63, 3.8) is 0 Å². The topological polar surface area (TPSA) is 30.0 Å². The second-order valence-electron chi connectivity index (χ2n) is 6.44. The van der Waals surface area contributed by atoms with Crippen molar-refractivity contribution in [3.05, 3.63) is 113 Å². The first-order valence-electron chi connectivity index (χ1n) is 8.96. The molecule has 0 aliphatic carbocycles. The second-order valence-corrected chi connectivity index (χ2v) is 6.44. The molecule has 0 atom stereocenters. The average molecular weight is 349 g/mol. The first-order valence-corrected chi connectivity index (χ1v) is 8.96. The number of hydrogen-bond acceptors (Lipinski definition) is 2. The van der Waals surface area contributed by atoms with E-state index in [1.54, 1.807) is 0 Å². The summed E-state index contributed by atoms with van der Waals surface area (Å²) in [6.45, 7) is 1.91. The van der Waals surface area contributed by atoms with Gasteiger partial charge in [0.25, 0.3) is 0 Å². The van der Waals surface area contributed by atoms with E-state index >= 15 is 0 Å². The van der Waals surface area contributed by atoms with Crippen molar-refractivity contribution in [2.45, 2.75) is 6.92 Å². The minimum absolute atomic E-state index is 0.000866. The monoisotopic (exact) mass is 349 g/mol. The van der Waals surface area contributed by atoms with Gasteiger partial charge in [-0.3, -0.25) is 9.78 Å². The molecule has 2 heteroatoms. The van der Waals surface area contributed by atoms with Crippen LogP contribution in [0.3, 0.4) is 0 Å². The van der Waals surface area contributed by atoms with Crippen LogP contribution in [-0.4, -0.2) is 10.8 Å². The van der Waals surface area contributed by atoms with Crippen molar-refractivity contribution >= 4 is 28.8 Å². The van der Waals surface area contributed by atoms with Gasteiger partial charge in [-0.25, -0.2) is 0 Å². The van der Waals surface area contributed by atoms with Crippen LogP contribution in [0.2, 0.25) is 0 Å². The number of para-hydroxylation sites is 1. The summed E-state index contributed by atoms with van der Waals surface area (Å²) in [5.74, 6) is -0.000866. The van der Waals surface area contributed by atoms with Crippen LogP contribution in [0.25, 0.3) is 23.1 Å². The zero-order valence-corrected chi connectivity index (χ0v) is 15.1. The Morgan fingerprint density at radius 2 is 1.41 bits per heavy atom.